The number of aliphatic hydroxyl groups is 1. The van der Waals surface area contributed by atoms with Crippen molar-refractivity contribution < 1.29 is 29.3 Å². The minimum Gasteiger partial charge on any atom is -0.507 e. The summed E-state index contributed by atoms with van der Waals surface area (Å²) >= 11 is 0. The molecule has 0 saturated carbocycles. The van der Waals surface area contributed by atoms with E-state index in [9.17, 15) is 19.5 Å². The van der Waals surface area contributed by atoms with Crippen LogP contribution in [0, 0.1) is 0 Å². The number of likely N-dealkylation sites (tertiary alicyclic amines) is 1. The Hall–Kier alpha value is -3.61. The molecule has 2 aromatic carbocycles. The minimum absolute atomic E-state index is 0.0123. The lowest BCUT2D eigenvalue weighted by molar-refractivity contribution is -0.140. The summed E-state index contributed by atoms with van der Waals surface area (Å²) in [6, 6.07) is 14.6. The highest BCUT2D eigenvalue weighted by Gasteiger charge is 2.45. The summed E-state index contributed by atoms with van der Waals surface area (Å²) in [6.07, 6.45) is 0.0669. The first-order valence-corrected chi connectivity index (χ1v) is 9.13. The number of carbonyl (C=O) groups excluding carboxylic acids is 2. The molecule has 3 rings (SSSR count). The number of ketones is 1. The number of nitrogens with zero attached hydrogens (tertiary/aromatic N) is 1. The van der Waals surface area contributed by atoms with Crippen LogP contribution < -0.4 is 4.74 Å². The van der Waals surface area contributed by atoms with Gasteiger partial charge in [0.1, 0.15) is 11.5 Å². The fraction of sp³-hybridized carbons (Fsp3) is 0.227. The lowest BCUT2D eigenvalue weighted by Crippen LogP contribution is -2.31. The summed E-state index contributed by atoms with van der Waals surface area (Å²) in [7, 11) is 1.53. The molecular weight excluding hydrogens is 374 g/mol. The maximum absolute atomic E-state index is 12.8. The predicted octanol–water partition coefficient (Wildman–Crippen LogP) is 2.98. The number of aliphatic carboxylic acids is 1. The zero-order valence-electron chi connectivity index (χ0n) is 15.9. The van der Waals surface area contributed by atoms with Crippen molar-refractivity contribution in [2.45, 2.75) is 18.9 Å². The Kier molecular flexibility index (Phi) is 5.97. The van der Waals surface area contributed by atoms with Crippen molar-refractivity contribution in [3.8, 4) is 5.75 Å². The van der Waals surface area contributed by atoms with E-state index in [1.54, 1.807) is 54.6 Å². The molecule has 0 spiro atoms. The molecule has 0 aromatic heterocycles. The van der Waals surface area contributed by atoms with E-state index in [-0.39, 0.29) is 30.7 Å². The van der Waals surface area contributed by atoms with Gasteiger partial charge in [-0.25, -0.2) is 0 Å². The third kappa shape index (κ3) is 4.13. The molecule has 2 N–H and O–H groups in total. The molecule has 1 saturated heterocycles. The van der Waals surface area contributed by atoms with Gasteiger partial charge in [-0.2, -0.15) is 0 Å². The van der Waals surface area contributed by atoms with E-state index in [1.807, 2.05) is 0 Å². The molecule has 0 radical (unpaired) electrons. The smallest absolute Gasteiger partial charge is 0.303 e. The zero-order valence-corrected chi connectivity index (χ0v) is 15.9. The summed E-state index contributed by atoms with van der Waals surface area (Å²) in [5.74, 6) is -2.17. The molecule has 1 aliphatic heterocycles. The first kappa shape index (κ1) is 20.1. The molecule has 2 aromatic rings. The Morgan fingerprint density at radius 3 is 2.28 bits per heavy atom. The van der Waals surface area contributed by atoms with Gasteiger partial charge in [-0.3, -0.25) is 14.4 Å². The number of ether oxygens (including phenoxy) is 1. The van der Waals surface area contributed by atoms with Crippen LogP contribution >= 0.6 is 0 Å². The van der Waals surface area contributed by atoms with Crippen molar-refractivity contribution in [1.29, 1.82) is 0 Å². The summed E-state index contributed by atoms with van der Waals surface area (Å²) in [6.45, 7) is 0.0825. The van der Waals surface area contributed by atoms with Gasteiger partial charge in [0.25, 0.3) is 11.7 Å². The van der Waals surface area contributed by atoms with Gasteiger partial charge in [0.15, 0.2) is 0 Å². The number of Topliss-reactive ketones (excluding diaryl/α,β-unsaturated/α-hetero) is 1. The molecule has 0 bridgehead atoms. The van der Waals surface area contributed by atoms with Gasteiger partial charge in [-0.05, 0) is 24.1 Å². The van der Waals surface area contributed by atoms with Crippen LogP contribution in [-0.2, 0) is 14.4 Å². The summed E-state index contributed by atoms with van der Waals surface area (Å²) in [5, 5.41) is 19.7. The normalized spacial score (nSPS) is 18.1. The number of carboxylic acids is 1. The number of carboxylic acid groups (broad SMARTS) is 1. The van der Waals surface area contributed by atoms with Crippen molar-refractivity contribution in [2.24, 2.45) is 0 Å². The summed E-state index contributed by atoms with van der Waals surface area (Å²) in [5.41, 5.74) is 1.04. The number of hydrogen-bond acceptors (Lipinski definition) is 5. The van der Waals surface area contributed by atoms with Gasteiger partial charge < -0.3 is 19.8 Å². The van der Waals surface area contributed by atoms with Crippen molar-refractivity contribution in [3.05, 3.63) is 71.3 Å². The maximum atomic E-state index is 12.8. The highest BCUT2D eigenvalue weighted by molar-refractivity contribution is 6.46. The predicted molar refractivity (Wildman–Crippen MR) is 105 cm³/mol. The topological polar surface area (TPSA) is 104 Å². The van der Waals surface area contributed by atoms with Crippen LogP contribution in [0.2, 0.25) is 0 Å². The van der Waals surface area contributed by atoms with E-state index < -0.39 is 23.7 Å². The lowest BCUT2D eigenvalue weighted by Gasteiger charge is -2.25. The SMILES string of the molecule is COc1ccc(C2/C(=C(\O)c3ccccc3)C(=O)C(=O)N2CCCC(=O)O)cc1. The van der Waals surface area contributed by atoms with Crippen LogP contribution in [0.15, 0.2) is 60.2 Å². The van der Waals surface area contributed by atoms with Gasteiger partial charge in [-0.15, -0.1) is 0 Å². The molecule has 1 aliphatic rings. The van der Waals surface area contributed by atoms with E-state index in [4.69, 9.17) is 9.84 Å². The quantitative estimate of drug-likeness (QED) is 0.424. The summed E-state index contributed by atoms with van der Waals surface area (Å²) in [4.78, 5) is 37.7. The Morgan fingerprint density at radius 1 is 1.03 bits per heavy atom. The molecule has 29 heavy (non-hydrogen) atoms. The number of rotatable bonds is 7. The molecule has 7 nitrogen and oxygen atoms in total. The molecule has 0 aliphatic carbocycles. The van der Waals surface area contributed by atoms with Crippen molar-refractivity contribution in [2.75, 3.05) is 13.7 Å². The van der Waals surface area contributed by atoms with Gasteiger partial charge in [0.2, 0.25) is 0 Å². The monoisotopic (exact) mass is 395 g/mol. The van der Waals surface area contributed by atoms with Crippen LogP contribution in [0.5, 0.6) is 5.75 Å². The standard InChI is InChI=1S/C22H21NO6/c1-29-16-11-9-14(10-12-16)19-18(20(26)15-6-3-2-4-7-15)21(27)22(28)23(19)13-5-8-17(24)25/h2-4,6-7,9-12,19,26H,5,8,13H2,1H3,(H,24,25)/b20-18+. The van der Waals surface area contributed by atoms with Crippen molar-refractivity contribution in [1.82, 2.24) is 4.90 Å². The Bertz CT molecular complexity index is 949. The molecule has 1 atom stereocenters. The van der Waals surface area contributed by atoms with Crippen LogP contribution in [0.3, 0.4) is 0 Å². The van der Waals surface area contributed by atoms with Gasteiger partial charge >= 0.3 is 5.97 Å². The first-order valence-electron chi connectivity index (χ1n) is 9.13. The average Bonchev–Trinajstić information content (AvgIpc) is 2.98. The number of aliphatic hydroxyl groups excluding tert-OH is 1. The van der Waals surface area contributed by atoms with Gasteiger partial charge in [0.05, 0.1) is 18.7 Å². The number of benzene rings is 2. The van der Waals surface area contributed by atoms with Crippen molar-refractivity contribution in [3.63, 3.8) is 0 Å². The second kappa shape index (κ2) is 8.60. The largest absolute Gasteiger partial charge is 0.507 e. The van der Waals surface area contributed by atoms with Crippen LogP contribution in [0.4, 0.5) is 0 Å². The molecular formula is C22H21NO6. The first-order chi connectivity index (χ1) is 13.9. The van der Waals surface area contributed by atoms with E-state index in [1.165, 1.54) is 12.0 Å². The number of methoxy groups -OCH3 is 1. The van der Waals surface area contributed by atoms with Gasteiger partial charge in [0, 0.05) is 18.5 Å². The third-order valence-corrected chi connectivity index (χ3v) is 4.81. The number of carbonyl (C=O) groups is 3. The van der Waals surface area contributed by atoms with Crippen molar-refractivity contribution >= 4 is 23.4 Å². The fourth-order valence-corrected chi connectivity index (χ4v) is 3.40. The second-order valence-electron chi connectivity index (χ2n) is 6.63. The van der Waals surface area contributed by atoms with Gasteiger partial charge in [-0.1, -0.05) is 42.5 Å². The van der Waals surface area contributed by atoms with E-state index in [2.05, 4.69) is 0 Å². The second-order valence-corrected chi connectivity index (χ2v) is 6.63. The molecule has 1 heterocycles. The Morgan fingerprint density at radius 2 is 1.69 bits per heavy atom. The lowest BCUT2D eigenvalue weighted by atomic mass is 9.95. The molecule has 1 fully saturated rings. The molecule has 7 heteroatoms. The van der Waals surface area contributed by atoms with E-state index in [0.717, 1.165) is 0 Å². The minimum atomic E-state index is -0.980. The average molecular weight is 395 g/mol. The third-order valence-electron chi connectivity index (χ3n) is 4.81. The number of hydrogen-bond donors (Lipinski definition) is 2. The Balaban J connectivity index is 2.07. The maximum Gasteiger partial charge on any atom is 0.303 e. The fourth-order valence-electron chi connectivity index (χ4n) is 3.40. The highest BCUT2D eigenvalue weighted by atomic mass is 16.5. The molecule has 1 unspecified atom stereocenters. The van der Waals surface area contributed by atoms with Crippen LogP contribution in [-0.4, -0.2) is 46.4 Å². The zero-order chi connectivity index (χ0) is 21.0. The Labute approximate surface area is 167 Å². The molecule has 1 amide bonds. The van der Waals surface area contributed by atoms with E-state index >= 15 is 0 Å². The summed E-state index contributed by atoms with van der Waals surface area (Å²) < 4.78 is 5.16. The molecule has 150 valence electrons. The van der Waals surface area contributed by atoms with Crippen LogP contribution in [0.25, 0.3) is 5.76 Å². The highest BCUT2D eigenvalue weighted by Crippen LogP contribution is 2.39. The van der Waals surface area contributed by atoms with Crippen LogP contribution in [0.1, 0.15) is 30.0 Å². The number of amides is 1. The van der Waals surface area contributed by atoms with E-state index in [0.29, 0.717) is 16.9 Å².